The molecular formula is C18H23N. The average molecular weight is 253 g/mol. The van der Waals surface area contributed by atoms with E-state index in [-0.39, 0.29) is 0 Å². The zero-order valence-electron chi connectivity index (χ0n) is 11.9. The Hall–Kier alpha value is -1.60. The van der Waals surface area contributed by atoms with Crippen LogP contribution in [0, 0.1) is 6.92 Å². The second kappa shape index (κ2) is 7.10. The third-order valence-electron chi connectivity index (χ3n) is 3.49. The van der Waals surface area contributed by atoms with E-state index in [2.05, 4.69) is 73.8 Å². The molecule has 2 aromatic carbocycles. The fraction of sp³-hybridized carbons (Fsp3) is 0.333. The van der Waals surface area contributed by atoms with Crippen LogP contribution in [0.2, 0.25) is 0 Å². The molecule has 0 aliphatic rings. The smallest absolute Gasteiger partial charge is 0.00176 e. The predicted molar refractivity (Wildman–Crippen MR) is 82.6 cm³/mol. The third kappa shape index (κ3) is 4.53. The lowest BCUT2D eigenvalue weighted by molar-refractivity contribution is 0.615. The monoisotopic (exact) mass is 253 g/mol. The van der Waals surface area contributed by atoms with E-state index in [1.165, 1.54) is 16.7 Å². The van der Waals surface area contributed by atoms with E-state index in [9.17, 15) is 0 Å². The summed E-state index contributed by atoms with van der Waals surface area (Å²) in [7, 11) is 0. The van der Waals surface area contributed by atoms with Gasteiger partial charge in [0.05, 0.1) is 0 Å². The van der Waals surface area contributed by atoms with E-state index in [1.807, 2.05) is 0 Å². The molecule has 2 aromatic rings. The highest BCUT2D eigenvalue weighted by atomic mass is 14.8. The van der Waals surface area contributed by atoms with Crippen LogP contribution in [0.1, 0.15) is 29.5 Å². The number of hydrogen-bond donors (Lipinski definition) is 1. The summed E-state index contributed by atoms with van der Waals surface area (Å²) in [6.45, 7) is 6.50. The minimum Gasteiger partial charge on any atom is -0.316 e. The minimum atomic E-state index is 0.568. The number of hydrogen-bond acceptors (Lipinski definition) is 1. The van der Waals surface area contributed by atoms with Crippen molar-refractivity contribution >= 4 is 0 Å². The van der Waals surface area contributed by atoms with Crippen molar-refractivity contribution in [3.05, 3.63) is 71.3 Å². The Morgan fingerprint density at radius 2 is 1.79 bits per heavy atom. The molecule has 1 heteroatoms. The SMILES string of the molecule is Cc1cccc(CCNCC(C)c2ccccc2)c1. The molecule has 0 aliphatic carbocycles. The lowest BCUT2D eigenvalue weighted by Gasteiger charge is -2.13. The molecule has 0 radical (unpaired) electrons. The van der Waals surface area contributed by atoms with Gasteiger partial charge in [0.25, 0.3) is 0 Å². The standard InChI is InChI=1S/C18H23N/c1-15-7-6-8-17(13-15)11-12-19-14-16(2)18-9-4-3-5-10-18/h3-10,13,16,19H,11-12,14H2,1-2H3. The maximum absolute atomic E-state index is 3.55. The van der Waals surface area contributed by atoms with Crippen molar-refractivity contribution in [2.45, 2.75) is 26.2 Å². The summed E-state index contributed by atoms with van der Waals surface area (Å²) in [4.78, 5) is 0. The molecule has 0 fully saturated rings. The molecule has 0 saturated heterocycles. The van der Waals surface area contributed by atoms with E-state index in [1.54, 1.807) is 0 Å². The van der Waals surface area contributed by atoms with Crippen molar-refractivity contribution in [3.63, 3.8) is 0 Å². The Morgan fingerprint density at radius 1 is 1.00 bits per heavy atom. The van der Waals surface area contributed by atoms with E-state index >= 15 is 0 Å². The molecule has 0 aliphatic heterocycles. The summed E-state index contributed by atoms with van der Waals surface area (Å²) in [5, 5.41) is 3.55. The van der Waals surface area contributed by atoms with E-state index < -0.39 is 0 Å². The Labute approximate surface area is 116 Å². The molecule has 1 nitrogen and oxygen atoms in total. The molecule has 0 amide bonds. The molecule has 0 saturated carbocycles. The van der Waals surface area contributed by atoms with Gasteiger partial charge in [-0.15, -0.1) is 0 Å². The molecule has 0 aromatic heterocycles. The predicted octanol–water partition coefficient (Wildman–Crippen LogP) is 3.93. The molecule has 1 N–H and O–H groups in total. The van der Waals surface area contributed by atoms with Gasteiger partial charge in [-0.3, -0.25) is 0 Å². The summed E-state index contributed by atoms with van der Waals surface area (Å²) in [5.74, 6) is 0.568. The Morgan fingerprint density at radius 3 is 2.53 bits per heavy atom. The van der Waals surface area contributed by atoms with Crippen LogP contribution in [0.3, 0.4) is 0 Å². The largest absolute Gasteiger partial charge is 0.316 e. The molecule has 1 atom stereocenters. The average Bonchev–Trinajstić information content (AvgIpc) is 2.44. The first kappa shape index (κ1) is 13.8. The quantitative estimate of drug-likeness (QED) is 0.769. The summed E-state index contributed by atoms with van der Waals surface area (Å²) >= 11 is 0. The zero-order valence-corrected chi connectivity index (χ0v) is 11.9. The van der Waals surface area contributed by atoms with Crippen molar-refractivity contribution in [2.75, 3.05) is 13.1 Å². The van der Waals surface area contributed by atoms with Crippen LogP contribution in [-0.4, -0.2) is 13.1 Å². The topological polar surface area (TPSA) is 12.0 Å². The van der Waals surface area contributed by atoms with Crippen molar-refractivity contribution < 1.29 is 0 Å². The lowest BCUT2D eigenvalue weighted by atomic mass is 10.0. The molecule has 0 heterocycles. The number of benzene rings is 2. The van der Waals surface area contributed by atoms with E-state index in [4.69, 9.17) is 0 Å². The normalized spacial score (nSPS) is 12.3. The first-order valence-electron chi connectivity index (χ1n) is 7.07. The van der Waals surface area contributed by atoms with Crippen LogP contribution < -0.4 is 5.32 Å². The first-order valence-corrected chi connectivity index (χ1v) is 7.07. The summed E-state index contributed by atoms with van der Waals surface area (Å²) < 4.78 is 0. The third-order valence-corrected chi connectivity index (χ3v) is 3.49. The molecule has 0 spiro atoms. The van der Waals surface area contributed by atoms with Gasteiger partial charge in [0, 0.05) is 6.54 Å². The Bertz CT molecular complexity index is 490. The highest BCUT2D eigenvalue weighted by molar-refractivity contribution is 5.22. The van der Waals surface area contributed by atoms with E-state index in [0.29, 0.717) is 5.92 Å². The van der Waals surface area contributed by atoms with Crippen LogP contribution >= 0.6 is 0 Å². The van der Waals surface area contributed by atoms with E-state index in [0.717, 1.165) is 19.5 Å². The Balaban J connectivity index is 1.72. The summed E-state index contributed by atoms with van der Waals surface area (Å²) in [6, 6.07) is 19.4. The highest BCUT2D eigenvalue weighted by Crippen LogP contribution is 2.13. The first-order chi connectivity index (χ1) is 9.25. The number of aryl methyl sites for hydroxylation is 1. The van der Waals surface area contributed by atoms with Crippen molar-refractivity contribution in [2.24, 2.45) is 0 Å². The second-order valence-electron chi connectivity index (χ2n) is 5.25. The van der Waals surface area contributed by atoms with Crippen LogP contribution in [-0.2, 0) is 6.42 Å². The lowest BCUT2D eigenvalue weighted by Crippen LogP contribution is -2.22. The number of rotatable bonds is 6. The van der Waals surface area contributed by atoms with Crippen molar-refractivity contribution in [3.8, 4) is 0 Å². The van der Waals surface area contributed by atoms with Crippen LogP contribution in [0.4, 0.5) is 0 Å². The van der Waals surface area contributed by atoms with Gasteiger partial charge in [-0.1, -0.05) is 67.1 Å². The van der Waals surface area contributed by atoms with Crippen LogP contribution in [0.15, 0.2) is 54.6 Å². The molecule has 19 heavy (non-hydrogen) atoms. The van der Waals surface area contributed by atoms with Gasteiger partial charge >= 0.3 is 0 Å². The van der Waals surface area contributed by atoms with Gasteiger partial charge in [0.15, 0.2) is 0 Å². The molecule has 1 unspecified atom stereocenters. The fourth-order valence-corrected chi connectivity index (χ4v) is 2.32. The summed E-state index contributed by atoms with van der Waals surface area (Å²) in [5.41, 5.74) is 4.17. The molecule has 100 valence electrons. The van der Waals surface area contributed by atoms with Gasteiger partial charge < -0.3 is 5.32 Å². The van der Waals surface area contributed by atoms with Gasteiger partial charge in [-0.25, -0.2) is 0 Å². The Kier molecular flexibility index (Phi) is 5.17. The summed E-state index contributed by atoms with van der Waals surface area (Å²) in [6.07, 6.45) is 1.10. The highest BCUT2D eigenvalue weighted by Gasteiger charge is 2.03. The van der Waals surface area contributed by atoms with Gasteiger partial charge in [-0.05, 0) is 36.9 Å². The van der Waals surface area contributed by atoms with Gasteiger partial charge in [0.2, 0.25) is 0 Å². The van der Waals surface area contributed by atoms with Crippen LogP contribution in [0.25, 0.3) is 0 Å². The maximum atomic E-state index is 3.55. The zero-order chi connectivity index (χ0) is 13.5. The molecule has 2 rings (SSSR count). The fourth-order valence-electron chi connectivity index (χ4n) is 2.32. The van der Waals surface area contributed by atoms with Crippen LogP contribution in [0.5, 0.6) is 0 Å². The van der Waals surface area contributed by atoms with Gasteiger partial charge in [0.1, 0.15) is 0 Å². The maximum Gasteiger partial charge on any atom is 0.00176 e. The minimum absolute atomic E-state index is 0.568. The van der Waals surface area contributed by atoms with Crippen molar-refractivity contribution in [1.82, 2.24) is 5.32 Å². The van der Waals surface area contributed by atoms with Crippen molar-refractivity contribution in [1.29, 1.82) is 0 Å². The molecular weight excluding hydrogens is 230 g/mol. The van der Waals surface area contributed by atoms with Gasteiger partial charge in [-0.2, -0.15) is 0 Å². The second-order valence-corrected chi connectivity index (χ2v) is 5.25. The number of nitrogens with one attached hydrogen (secondary N) is 1. The molecule has 0 bridgehead atoms.